The third kappa shape index (κ3) is 1.86. The highest BCUT2D eigenvalue weighted by atomic mass is 16.2. The summed E-state index contributed by atoms with van der Waals surface area (Å²) in [6, 6.07) is 7.51. The highest BCUT2D eigenvalue weighted by Crippen LogP contribution is 2.09. The average Bonchev–Trinajstić information content (AvgIpc) is 2.36. The number of para-hydroxylation sites is 2. The van der Waals surface area contributed by atoms with E-state index in [2.05, 4.69) is 9.97 Å². The molecule has 4 nitrogen and oxygen atoms in total. The van der Waals surface area contributed by atoms with Crippen molar-refractivity contribution >= 4 is 16.9 Å². The minimum absolute atomic E-state index is 0.0965. The van der Waals surface area contributed by atoms with Gasteiger partial charge in [0.25, 0.3) is 5.91 Å². The van der Waals surface area contributed by atoms with Crippen LogP contribution in [-0.2, 0) is 0 Å². The van der Waals surface area contributed by atoms with Crippen molar-refractivity contribution in [2.75, 3.05) is 13.6 Å². The molecule has 0 aliphatic carbocycles. The molecule has 0 saturated carbocycles. The third-order valence-corrected chi connectivity index (χ3v) is 2.49. The second kappa shape index (κ2) is 4.26. The lowest BCUT2D eigenvalue weighted by atomic mass is 10.3. The Morgan fingerprint density at radius 1 is 1.31 bits per heavy atom. The van der Waals surface area contributed by atoms with Crippen LogP contribution in [0.15, 0.2) is 30.5 Å². The van der Waals surface area contributed by atoms with Crippen LogP contribution in [-0.4, -0.2) is 34.4 Å². The maximum absolute atomic E-state index is 11.8. The van der Waals surface area contributed by atoms with Gasteiger partial charge in [0.05, 0.1) is 17.2 Å². The monoisotopic (exact) mass is 215 g/mol. The van der Waals surface area contributed by atoms with Crippen molar-refractivity contribution in [1.82, 2.24) is 14.9 Å². The Bertz CT molecular complexity index is 524. The van der Waals surface area contributed by atoms with Gasteiger partial charge in [0.1, 0.15) is 5.69 Å². The topological polar surface area (TPSA) is 46.1 Å². The molecule has 2 aromatic rings. The molecule has 0 aliphatic rings. The summed E-state index contributed by atoms with van der Waals surface area (Å²) in [5.74, 6) is -0.0965. The normalized spacial score (nSPS) is 10.4. The summed E-state index contributed by atoms with van der Waals surface area (Å²) in [5, 5.41) is 0. The molecule has 0 bridgehead atoms. The van der Waals surface area contributed by atoms with Crippen LogP contribution in [0.3, 0.4) is 0 Å². The van der Waals surface area contributed by atoms with Crippen LogP contribution in [0.25, 0.3) is 11.0 Å². The van der Waals surface area contributed by atoms with E-state index in [1.807, 2.05) is 31.2 Å². The van der Waals surface area contributed by atoms with Gasteiger partial charge in [0, 0.05) is 13.6 Å². The first-order chi connectivity index (χ1) is 7.72. The zero-order chi connectivity index (χ0) is 11.5. The summed E-state index contributed by atoms with van der Waals surface area (Å²) in [7, 11) is 1.75. The van der Waals surface area contributed by atoms with Crippen LogP contribution < -0.4 is 0 Å². The minimum atomic E-state index is -0.0965. The van der Waals surface area contributed by atoms with E-state index in [4.69, 9.17) is 0 Å². The van der Waals surface area contributed by atoms with E-state index < -0.39 is 0 Å². The van der Waals surface area contributed by atoms with E-state index in [1.165, 1.54) is 6.20 Å². The molecule has 4 heteroatoms. The molecule has 0 fully saturated rings. The first-order valence-electron chi connectivity index (χ1n) is 5.19. The van der Waals surface area contributed by atoms with E-state index in [9.17, 15) is 4.79 Å². The molecule has 82 valence electrons. The van der Waals surface area contributed by atoms with Gasteiger partial charge in [-0.05, 0) is 19.1 Å². The zero-order valence-electron chi connectivity index (χ0n) is 9.34. The standard InChI is InChI=1S/C12H13N3O/c1-3-15(2)12(16)11-8-13-9-6-4-5-7-10(9)14-11/h4-8H,3H2,1-2H3. The molecule has 1 heterocycles. The number of amides is 1. The van der Waals surface area contributed by atoms with Gasteiger partial charge in [-0.25, -0.2) is 4.98 Å². The van der Waals surface area contributed by atoms with Gasteiger partial charge in [-0.2, -0.15) is 0 Å². The zero-order valence-corrected chi connectivity index (χ0v) is 9.34. The van der Waals surface area contributed by atoms with E-state index in [-0.39, 0.29) is 5.91 Å². The first kappa shape index (κ1) is 10.5. The predicted octanol–water partition coefficient (Wildman–Crippen LogP) is 1.72. The molecular weight excluding hydrogens is 202 g/mol. The van der Waals surface area contributed by atoms with Crippen LogP contribution >= 0.6 is 0 Å². The maximum Gasteiger partial charge on any atom is 0.273 e. The summed E-state index contributed by atoms with van der Waals surface area (Å²) >= 11 is 0. The van der Waals surface area contributed by atoms with Gasteiger partial charge in [-0.1, -0.05) is 12.1 Å². The van der Waals surface area contributed by atoms with E-state index in [0.29, 0.717) is 12.2 Å². The molecule has 0 spiro atoms. The maximum atomic E-state index is 11.8. The van der Waals surface area contributed by atoms with Crippen LogP contribution in [0, 0.1) is 0 Å². The first-order valence-corrected chi connectivity index (χ1v) is 5.19. The molecule has 0 atom stereocenters. The predicted molar refractivity (Wildman–Crippen MR) is 62.2 cm³/mol. The van der Waals surface area contributed by atoms with Gasteiger partial charge in [-0.3, -0.25) is 9.78 Å². The van der Waals surface area contributed by atoms with Crippen LogP contribution in [0.2, 0.25) is 0 Å². The fourth-order valence-electron chi connectivity index (χ4n) is 1.40. The summed E-state index contributed by atoms with van der Waals surface area (Å²) in [6.45, 7) is 2.58. The lowest BCUT2D eigenvalue weighted by molar-refractivity contribution is 0.0796. The molecule has 0 saturated heterocycles. The van der Waals surface area contributed by atoms with Crippen LogP contribution in [0.5, 0.6) is 0 Å². The molecule has 16 heavy (non-hydrogen) atoms. The highest BCUT2D eigenvalue weighted by Gasteiger charge is 2.12. The number of rotatable bonds is 2. The fourth-order valence-corrected chi connectivity index (χ4v) is 1.40. The van der Waals surface area contributed by atoms with Gasteiger partial charge in [0.15, 0.2) is 0 Å². The summed E-state index contributed by atoms with van der Waals surface area (Å²) < 4.78 is 0. The third-order valence-electron chi connectivity index (χ3n) is 2.49. The van der Waals surface area contributed by atoms with Crippen molar-refractivity contribution in [3.05, 3.63) is 36.2 Å². The quantitative estimate of drug-likeness (QED) is 0.766. The Morgan fingerprint density at radius 2 is 2.00 bits per heavy atom. The number of hydrogen-bond acceptors (Lipinski definition) is 3. The smallest absolute Gasteiger partial charge is 0.273 e. The SMILES string of the molecule is CCN(C)C(=O)c1cnc2ccccc2n1. The molecule has 0 unspecified atom stereocenters. The lowest BCUT2D eigenvalue weighted by Gasteiger charge is -2.13. The number of fused-ring (bicyclic) bond motifs is 1. The Balaban J connectivity index is 2.43. The van der Waals surface area contributed by atoms with Gasteiger partial charge in [0.2, 0.25) is 0 Å². The van der Waals surface area contributed by atoms with Crippen molar-refractivity contribution in [2.24, 2.45) is 0 Å². The Labute approximate surface area is 93.9 Å². The van der Waals surface area contributed by atoms with Gasteiger partial charge in [-0.15, -0.1) is 0 Å². The van der Waals surface area contributed by atoms with E-state index in [1.54, 1.807) is 11.9 Å². The van der Waals surface area contributed by atoms with Crippen LogP contribution in [0.1, 0.15) is 17.4 Å². The number of aromatic nitrogens is 2. The Kier molecular flexibility index (Phi) is 2.81. The molecule has 1 amide bonds. The van der Waals surface area contributed by atoms with Crippen molar-refractivity contribution in [3.8, 4) is 0 Å². The number of carbonyl (C=O) groups is 1. The molecule has 0 radical (unpaired) electrons. The van der Waals surface area contributed by atoms with Crippen molar-refractivity contribution in [3.63, 3.8) is 0 Å². The van der Waals surface area contributed by atoms with Crippen molar-refractivity contribution in [2.45, 2.75) is 6.92 Å². The Hall–Kier alpha value is -1.97. The number of nitrogens with zero attached hydrogens (tertiary/aromatic N) is 3. The summed E-state index contributed by atoms with van der Waals surface area (Å²) in [6.07, 6.45) is 1.52. The van der Waals surface area contributed by atoms with Gasteiger partial charge < -0.3 is 4.90 Å². The molecule has 2 rings (SSSR count). The second-order valence-electron chi connectivity index (χ2n) is 3.56. The summed E-state index contributed by atoms with van der Waals surface area (Å²) in [5.41, 5.74) is 1.94. The second-order valence-corrected chi connectivity index (χ2v) is 3.56. The molecule has 1 aromatic carbocycles. The molecule has 0 N–H and O–H groups in total. The fraction of sp³-hybridized carbons (Fsp3) is 0.250. The number of hydrogen-bond donors (Lipinski definition) is 0. The van der Waals surface area contributed by atoms with Crippen molar-refractivity contribution < 1.29 is 4.79 Å². The van der Waals surface area contributed by atoms with E-state index >= 15 is 0 Å². The minimum Gasteiger partial charge on any atom is -0.341 e. The Morgan fingerprint density at radius 3 is 2.69 bits per heavy atom. The lowest BCUT2D eigenvalue weighted by Crippen LogP contribution is -2.27. The highest BCUT2D eigenvalue weighted by molar-refractivity contribution is 5.93. The average molecular weight is 215 g/mol. The molecule has 1 aromatic heterocycles. The van der Waals surface area contributed by atoms with Crippen LogP contribution in [0.4, 0.5) is 0 Å². The number of carbonyl (C=O) groups excluding carboxylic acids is 1. The molecule has 0 aliphatic heterocycles. The van der Waals surface area contributed by atoms with E-state index in [0.717, 1.165) is 11.0 Å². The summed E-state index contributed by atoms with van der Waals surface area (Å²) in [4.78, 5) is 22.0. The van der Waals surface area contributed by atoms with Crippen molar-refractivity contribution in [1.29, 1.82) is 0 Å². The largest absolute Gasteiger partial charge is 0.341 e. The molecular formula is C12H13N3O. The van der Waals surface area contributed by atoms with Gasteiger partial charge >= 0.3 is 0 Å². The number of benzene rings is 1.